The van der Waals surface area contributed by atoms with Crippen molar-refractivity contribution in [3.8, 4) is 0 Å². The number of hydrogen-bond donors (Lipinski definition) is 2. The smallest absolute Gasteiger partial charge is 0.356 e. The van der Waals surface area contributed by atoms with Crippen molar-refractivity contribution < 1.29 is 33.3 Å². The predicted octanol–water partition coefficient (Wildman–Crippen LogP) is 3.58. The van der Waals surface area contributed by atoms with Crippen LogP contribution >= 0.6 is 23.1 Å². The summed E-state index contributed by atoms with van der Waals surface area (Å²) in [6, 6.07) is 22.8. The number of hydrogen-bond acceptors (Lipinski definition) is 10. The third kappa shape index (κ3) is 6.11. The van der Waals surface area contributed by atoms with E-state index in [1.165, 1.54) is 22.7 Å². The monoisotopic (exact) mass is 695 g/mol. The van der Waals surface area contributed by atoms with Gasteiger partial charge >= 0.3 is 11.6 Å². The molecule has 0 saturated carbocycles. The van der Waals surface area contributed by atoms with E-state index < -0.39 is 40.9 Å². The average Bonchev–Trinajstić information content (AvgIpc) is 3.61. The fourth-order valence-electron chi connectivity index (χ4n) is 5.82. The molecule has 2 N–H and O–H groups in total. The maximum atomic E-state index is 14.4. The number of rotatable bonds is 13. The molecule has 2 aliphatic heterocycles. The average molecular weight is 696 g/mol. The highest BCUT2D eigenvalue weighted by molar-refractivity contribution is 8.00. The van der Waals surface area contributed by atoms with Crippen molar-refractivity contribution in [3.63, 3.8) is 0 Å². The number of thiazole rings is 1. The normalized spacial score (nSPS) is 18.0. The number of oxime groups is 1. The largest absolute Gasteiger partial charge is 0.448 e. The number of aryl methyl sites for hydroxylation is 1. The number of carbonyl (C=O) groups is 4. The van der Waals surface area contributed by atoms with E-state index in [2.05, 4.69) is 34.1 Å². The predicted molar refractivity (Wildman–Crippen MR) is 184 cm³/mol. The molecule has 14 heteroatoms. The van der Waals surface area contributed by atoms with E-state index in [1.54, 1.807) is 41.4 Å². The van der Waals surface area contributed by atoms with E-state index in [0.717, 1.165) is 22.5 Å². The number of fused-ring (bicyclic) bond motifs is 1. The molecule has 0 radical (unpaired) electrons. The number of pyridine rings is 1. The standard InChI is InChI=1S/C35H30N6O6S2/c1-4-22-19-48-31-27(30(43)41(31)28(22)32(44)46-29(23-13-7-5-8-14-23)24-15-9-6-10-16-24)39-33(45)35(47-36-2,26-17-11-12-18-40(26)3)25-20-49-34(38-25)37-21-42/h4-18,20-21,27,29,31H,1-2,19H2,3H3,(H-,37,38,39,42,45)/p+1/t27?,31-,35?/m1/s1. The molecule has 0 bridgehead atoms. The Hall–Kier alpha value is -5.60. The van der Waals surface area contributed by atoms with Crippen LogP contribution in [0.4, 0.5) is 5.13 Å². The van der Waals surface area contributed by atoms with Gasteiger partial charge in [-0.25, -0.2) is 14.3 Å². The lowest BCUT2D eigenvalue weighted by molar-refractivity contribution is -0.684. The highest BCUT2D eigenvalue weighted by atomic mass is 32.2. The van der Waals surface area contributed by atoms with Crippen LogP contribution in [0.5, 0.6) is 0 Å². The zero-order valence-corrected chi connectivity index (χ0v) is 27.9. The quantitative estimate of drug-likeness (QED) is 0.0540. The molecule has 6 rings (SSSR count). The van der Waals surface area contributed by atoms with Gasteiger partial charge in [-0.15, -0.1) is 28.3 Å². The van der Waals surface area contributed by atoms with Crippen LogP contribution in [0, 0.1) is 0 Å². The van der Waals surface area contributed by atoms with Crippen molar-refractivity contribution in [3.05, 3.63) is 137 Å². The molecule has 0 spiro atoms. The third-order valence-corrected chi connectivity index (χ3v) is 10.2. The molecule has 1 fully saturated rings. The van der Waals surface area contributed by atoms with Crippen LogP contribution in [-0.4, -0.2) is 58.0 Å². The van der Waals surface area contributed by atoms with E-state index >= 15 is 0 Å². The number of nitrogens with one attached hydrogen (secondary N) is 2. The van der Waals surface area contributed by atoms with Crippen molar-refractivity contribution >= 4 is 59.1 Å². The van der Waals surface area contributed by atoms with Crippen LogP contribution in [0.1, 0.15) is 28.6 Å². The first kappa shape index (κ1) is 33.3. The first-order valence-corrected chi connectivity index (χ1v) is 16.9. The third-order valence-electron chi connectivity index (χ3n) is 8.14. The number of aromatic nitrogens is 2. The van der Waals surface area contributed by atoms with E-state index in [0.29, 0.717) is 23.4 Å². The van der Waals surface area contributed by atoms with Crippen LogP contribution in [0.3, 0.4) is 0 Å². The fourth-order valence-corrected chi connectivity index (χ4v) is 7.86. The van der Waals surface area contributed by atoms with Gasteiger partial charge < -0.3 is 20.2 Å². The van der Waals surface area contributed by atoms with Crippen molar-refractivity contribution in [2.45, 2.75) is 23.1 Å². The summed E-state index contributed by atoms with van der Waals surface area (Å²) in [6.45, 7) is 7.33. The Bertz CT molecular complexity index is 1910. The Morgan fingerprint density at radius 1 is 1.10 bits per heavy atom. The second kappa shape index (κ2) is 14.3. The van der Waals surface area contributed by atoms with Gasteiger partial charge in [0, 0.05) is 30.0 Å². The molecule has 1 saturated heterocycles. The summed E-state index contributed by atoms with van der Waals surface area (Å²) in [4.78, 5) is 65.0. The molecule has 3 atom stereocenters. The first-order valence-electron chi connectivity index (χ1n) is 15.0. The van der Waals surface area contributed by atoms with Gasteiger partial charge in [0.2, 0.25) is 12.1 Å². The minimum absolute atomic E-state index is 0.0694. The lowest BCUT2D eigenvalue weighted by atomic mass is 9.92. The SMILES string of the molecule is C=CC1=C(C(=O)OC(c2ccccc2)c2ccccc2)N2C(=O)C(NC(=O)C(ON=C)(c3csc(NC=O)n3)c3cccc[n+]3C)[C@H]2SC1. The lowest BCUT2D eigenvalue weighted by Gasteiger charge is -2.50. The zero-order valence-electron chi connectivity index (χ0n) is 26.2. The number of ether oxygens (including phenoxy) is 1. The molecule has 248 valence electrons. The Morgan fingerprint density at radius 3 is 2.39 bits per heavy atom. The molecule has 4 aromatic rings. The van der Waals surface area contributed by atoms with Crippen LogP contribution < -0.4 is 15.2 Å². The van der Waals surface area contributed by atoms with E-state index in [1.807, 2.05) is 60.7 Å². The summed E-state index contributed by atoms with van der Waals surface area (Å²) in [7, 11) is 1.71. The maximum absolute atomic E-state index is 14.4. The minimum Gasteiger partial charge on any atom is -0.448 e. The molecule has 2 aromatic carbocycles. The van der Waals surface area contributed by atoms with Crippen molar-refractivity contribution in [2.24, 2.45) is 12.2 Å². The van der Waals surface area contributed by atoms with Gasteiger partial charge in [-0.3, -0.25) is 19.3 Å². The number of thioether (sulfide) groups is 1. The van der Waals surface area contributed by atoms with Crippen LogP contribution in [0.15, 0.2) is 120 Å². The molecule has 2 aromatic heterocycles. The molecular weight excluding hydrogens is 665 g/mol. The Kier molecular flexibility index (Phi) is 9.69. The van der Waals surface area contributed by atoms with Crippen molar-refractivity contribution in [1.82, 2.24) is 15.2 Å². The molecule has 0 aliphatic carbocycles. The van der Waals surface area contributed by atoms with Crippen LogP contribution in [0.25, 0.3) is 0 Å². The molecule has 2 aliphatic rings. The van der Waals surface area contributed by atoms with Gasteiger partial charge in [0.05, 0.1) is 0 Å². The minimum atomic E-state index is -2.00. The summed E-state index contributed by atoms with van der Waals surface area (Å²) >= 11 is 2.45. The number of amides is 3. The lowest BCUT2D eigenvalue weighted by Crippen LogP contribution is -2.72. The number of carbonyl (C=O) groups excluding carboxylic acids is 4. The van der Waals surface area contributed by atoms with Crippen molar-refractivity contribution in [1.29, 1.82) is 0 Å². The number of benzene rings is 2. The Balaban J connectivity index is 1.31. The number of allylic oxidation sites excluding steroid dienone is 1. The van der Waals surface area contributed by atoms with Gasteiger partial charge in [0.15, 0.2) is 17.4 Å². The maximum Gasteiger partial charge on any atom is 0.356 e. The van der Waals surface area contributed by atoms with Crippen LogP contribution in [0.2, 0.25) is 0 Å². The first-order chi connectivity index (χ1) is 23.8. The second-order valence-electron chi connectivity index (χ2n) is 10.9. The summed E-state index contributed by atoms with van der Waals surface area (Å²) in [5.41, 5.74) is 0.568. The summed E-state index contributed by atoms with van der Waals surface area (Å²) < 4.78 is 7.79. The molecule has 49 heavy (non-hydrogen) atoms. The van der Waals surface area contributed by atoms with Crippen molar-refractivity contribution in [2.75, 3.05) is 11.1 Å². The van der Waals surface area contributed by atoms with E-state index in [9.17, 15) is 19.2 Å². The van der Waals surface area contributed by atoms with E-state index in [-0.39, 0.29) is 16.5 Å². The Labute approximate surface area is 290 Å². The fraction of sp³-hybridized carbons (Fsp3) is 0.171. The molecule has 3 amide bonds. The van der Waals surface area contributed by atoms with Crippen LogP contribution in [-0.2, 0) is 41.4 Å². The number of esters is 1. The topological polar surface area (TPSA) is 143 Å². The van der Waals surface area contributed by atoms with Gasteiger partial charge in [-0.2, -0.15) is 0 Å². The second-order valence-corrected chi connectivity index (χ2v) is 12.9. The highest BCUT2D eigenvalue weighted by Crippen LogP contribution is 2.43. The zero-order chi connectivity index (χ0) is 34.5. The number of nitrogens with zero attached hydrogens (tertiary/aromatic N) is 4. The van der Waals surface area contributed by atoms with Gasteiger partial charge in [-0.05, 0) is 22.8 Å². The molecular formula is C35H31N6O6S2+. The highest BCUT2D eigenvalue weighted by Gasteiger charge is 2.59. The van der Waals surface area contributed by atoms with Gasteiger partial charge in [-0.1, -0.05) is 73.3 Å². The number of anilines is 1. The Morgan fingerprint density at radius 2 is 1.78 bits per heavy atom. The van der Waals surface area contributed by atoms with E-state index in [4.69, 9.17) is 9.57 Å². The summed E-state index contributed by atoms with van der Waals surface area (Å²) in [5.74, 6) is -1.63. The summed E-state index contributed by atoms with van der Waals surface area (Å²) in [6.07, 6.45) is 2.99. The molecule has 12 nitrogen and oxygen atoms in total. The van der Waals surface area contributed by atoms with Gasteiger partial charge in [0.1, 0.15) is 29.9 Å². The number of β-lactam (4-membered cyclic amide) rings is 1. The molecule has 2 unspecified atom stereocenters. The molecule has 4 heterocycles. The van der Waals surface area contributed by atoms with Gasteiger partial charge in [0.25, 0.3) is 11.8 Å². The summed E-state index contributed by atoms with van der Waals surface area (Å²) in [5, 5.41) is 10.1.